The maximum Gasteiger partial charge on any atom is 0.133 e. The van der Waals surface area contributed by atoms with Gasteiger partial charge in [0.25, 0.3) is 0 Å². The molecule has 0 aliphatic heterocycles. The summed E-state index contributed by atoms with van der Waals surface area (Å²) in [7, 11) is 0. The second-order valence-corrected chi connectivity index (χ2v) is 5.45. The molecular weight excluding hydrogens is 253 g/mol. The van der Waals surface area contributed by atoms with Crippen molar-refractivity contribution >= 4 is 0 Å². The first kappa shape index (κ1) is 14.3. The van der Waals surface area contributed by atoms with Crippen molar-refractivity contribution in [2.24, 2.45) is 17.7 Å². The van der Waals surface area contributed by atoms with E-state index in [9.17, 15) is 13.2 Å². The van der Waals surface area contributed by atoms with Gasteiger partial charge in [0.15, 0.2) is 0 Å². The van der Waals surface area contributed by atoms with Crippen LogP contribution >= 0.6 is 0 Å². The van der Waals surface area contributed by atoms with Gasteiger partial charge in [-0.1, -0.05) is 19.8 Å². The van der Waals surface area contributed by atoms with Gasteiger partial charge < -0.3 is 0 Å². The number of halogens is 3. The van der Waals surface area contributed by atoms with E-state index in [1.807, 2.05) is 0 Å². The van der Waals surface area contributed by atoms with E-state index in [0.29, 0.717) is 18.1 Å². The monoisotopic (exact) mass is 272 g/mol. The van der Waals surface area contributed by atoms with Crippen LogP contribution in [0.3, 0.4) is 0 Å². The molecule has 1 aliphatic rings. The summed E-state index contributed by atoms with van der Waals surface area (Å²) < 4.78 is 40.5. The average molecular weight is 272 g/mol. The van der Waals surface area contributed by atoms with Crippen molar-refractivity contribution in [3.63, 3.8) is 0 Å². The van der Waals surface area contributed by atoms with Crippen molar-refractivity contribution in [2.45, 2.75) is 38.6 Å². The smallest absolute Gasteiger partial charge is 0.133 e. The Morgan fingerprint density at radius 2 is 1.63 bits per heavy atom. The molecule has 0 aromatic heterocycles. The highest BCUT2D eigenvalue weighted by molar-refractivity contribution is 5.25. The van der Waals surface area contributed by atoms with Crippen LogP contribution in [-0.2, 0) is 0 Å². The fourth-order valence-corrected chi connectivity index (χ4v) is 2.92. The molecule has 5 heteroatoms. The minimum absolute atomic E-state index is 0.0793. The Balaban J connectivity index is 2.27. The molecule has 0 spiro atoms. The molecule has 0 saturated heterocycles. The zero-order chi connectivity index (χ0) is 14.0. The molecule has 106 valence electrons. The number of nitrogens with two attached hydrogens (primary N) is 1. The van der Waals surface area contributed by atoms with Gasteiger partial charge in [-0.2, -0.15) is 0 Å². The summed E-state index contributed by atoms with van der Waals surface area (Å²) in [6.45, 7) is 2.17. The molecule has 1 aliphatic carbocycles. The van der Waals surface area contributed by atoms with Crippen LogP contribution in [0.15, 0.2) is 12.1 Å². The Morgan fingerprint density at radius 3 is 2.11 bits per heavy atom. The van der Waals surface area contributed by atoms with E-state index < -0.39 is 23.5 Å². The summed E-state index contributed by atoms with van der Waals surface area (Å²) in [6, 6.07) is 0.802. The van der Waals surface area contributed by atoms with Gasteiger partial charge in [-0.25, -0.2) is 13.2 Å². The van der Waals surface area contributed by atoms with Gasteiger partial charge in [0.1, 0.15) is 17.5 Å². The lowest BCUT2D eigenvalue weighted by Gasteiger charge is -2.32. The molecule has 19 heavy (non-hydrogen) atoms. The molecule has 0 bridgehead atoms. The highest BCUT2D eigenvalue weighted by Crippen LogP contribution is 2.38. The summed E-state index contributed by atoms with van der Waals surface area (Å²) in [4.78, 5) is 0. The summed E-state index contributed by atoms with van der Waals surface area (Å²) in [6.07, 6.45) is 3.78. The fraction of sp³-hybridized carbons (Fsp3) is 0.571. The number of hydrazine groups is 1. The van der Waals surface area contributed by atoms with Crippen LogP contribution in [-0.4, -0.2) is 0 Å². The van der Waals surface area contributed by atoms with Gasteiger partial charge in [0.2, 0.25) is 0 Å². The third-order valence-corrected chi connectivity index (χ3v) is 4.07. The molecule has 1 aromatic carbocycles. The van der Waals surface area contributed by atoms with Gasteiger partial charge in [-0.3, -0.25) is 11.3 Å². The predicted octanol–water partition coefficient (Wildman–Crippen LogP) is 3.43. The fourth-order valence-electron chi connectivity index (χ4n) is 2.92. The minimum atomic E-state index is -0.910. The molecule has 1 aromatic rings. The van der Waals surface area contributed by atoms with Crippen molar-refractivity contribution in [1.29, 1.82) is 0 Å². The first-order valence-electron chi connectivity index (χ1n) is 6.63. The standard InChI is InChI=1S/C14H19F3N2/c1-8-2-4-9(5-3-8)14(19-18)13-11(16)6-10(15)7-12(13)17/h6-9,14,19H,2-5,18H2,1H3. The molecule has 2 rings (SSSR count). The van der Waals surface area contributed by atoms with E-state index in [1.54, 1.807) is 0 Å². The lowest BCUT2D eigenvalue weighted by atomic mass is 9.77. The van der Waals surface area contributed by atoms with Crippen LogP contribution in [0, 0.1) is 29.3 Å². The highest BCUT2D eigenvalue weighted by atomic mass is 19.1. The summed E-state index contributed by atoms with van der Waals surface area (Å²) in [5, 5.41) is 0. The number of hydrogen-bond donors (Lipinski definition) is 2. The Labute approximate surface area is 111 Å². The minimum Gasteiger partial charge on any atom is -0.271 e. The van der Waals surface area contributed by atoms with Crippen LogP contribution in [0.4, 0.5) is 13.2 Å². The van der Waals surface area contributed by atoms with E-state index in [0.717, 1.165) is 25.7 Å². The zero-order valence-corrected chi connectivity index (χ0v) is 10.9. The first-order chi connectivity index (χ1) is 9.02. The maximum atomic E-state index is 13.8. The van der Waals surface area contributed by atoms with Crippen LogP contribution in [0.1, 0.15) is 44.2 Å². The van der Waals surface area contributed by atoms with E-state index in [2.05, 4.69) is 12.3 Å². The second-order valence-electron chi connectivity index (χ2n) is 5.45. The van der Waals surface area contributed by atoms with E-state index in [-0.39, 0.29) is 11.5 Å². The van der Waals surface area contributed by atoms with E-state index >= 15 is 0 Å². The lowest BCUT2D eigenvalue weighted by molar-refractivity contribution is 0.225. The maximum absolute atomic E-state index is 13.8. The Bertz CT molecular complexity index is 419. The number of rotatable bonds is 3. The first-order valence-corrected chi connectivity index (χ1v) is 6.63. The predicted molar refractivity (Wildman–Crippen MR) is 67.5 cm³/mol. The Hall–Kier alpha value is -1.07. The topological polar surface area (TPSA) is 38.0 Å². The van der Waals surface area contributed by atoms with Crippen molar-refractivity contribution in [3.05, 3.63) is 35.1 Å². The zero-order valence-electron chi connectivity index (χ0n) is 10.9. The van der Waals surface area contributed by atoms with Crippen molar-refractivity contribution < 1.29 is 13.2 Å². The van der Waals surface area contributed by atoms with Crippen LogP contribution in [0.2, 0.25) is 0 Å². The van der Waals surface area contributed by atoms with Crippen molar-refractivity contribution in [1.82, 2.24) is 5.43 Å². The third kappa shape index (κ3) is 3.09. The number of nitrogens with one attached hydrogen (secondary N) is 1. The lowest BCUT2D eigenvalue weighted by Crippen LogP contribution is -2.36. The van der Waals surface area contributed by atoms with Crippen LogP contribution in [0.25, 0.3) is 0 Å². The molecule has 1 atom stereocenters. The molecule has 1 fully saturated rings. The molecule has 1 unspecified atom stereocenters. The quantitative estimate of drug-likeness (QED) is 0.653. The van der Waals surface area contributed by atoms with Gasteiger partial charge in [-0.05, 0) is 24.7 Å². The number of benzene rings is 1. The summed E-state index contributed by atoms with van der Waals surface area (Å²) in [5.41, 5.74) is 2.35. The summed E-state index contributed by atoms with van der Waals surface area (Å²) >= 11 is 0. The molecule has 2 nitrogen and oxygen atoms in total. The molecule has 3 N–H and O–H groups in total. The normalized spacial score (nSPS) is 25.3. The SMILES string of the molecule is CC1CCC(C(NN)c2c(F)cc(F)cc2F)CC1. The van der Waals surface area contributed by atoms with Crippen molar-refractivity contribution in [2.75, 3.05) is 0 Å². The Kier molecular flexibility index (Phi) is 4.47. The summed E-state index contributed by atoms with van der Waals surface area (Å²) in [5.74, 6) is 3.52. The van der Waals surface area contributed by atoms with Crippen LogP contribution in [0.5, 0.6) is 0 Å². The van der Waals surface area contributed by atoms with Crippen LogP contribution < -0.4 is 11.3 Å². The molecule has 0 heterocycles. The van der Waals surface area contributed by atoms with Gasteiger partial charge >= 0.3 is 0 Å². The molecule has 0 radical (unpaired) electrons. The number of hydrogen-bond acceptors (Lipinski definition) is 2. The van der Waals surface area contributed by atoms with Crippen molar-refractivity contribution in [3.8, 4) is 0 Å². The molecule has 1 saturated carbocycles. The van der Waals surface area contributed by atoms with E-state index in [1.165, 1.54) is 0 Å². The Morgan fingerprint density at radius 1 is 1.11 bits per heavy atom. The largest absolute Gasteiger partial charge is 0.271 e. The van der Waals surface area contributed by atoms with E-state index in [4.69, 9.17) is 5.84 Å². The van der Waals surface area contributed by atoms with Gasteiger partial charge in [0.05, 0.1) is 6.04 Å². The molecule has 0 amide bonds. The molecular formula is C14H19F3N2. The third-order valence-electron chi connectivity index (χ3n) is 4.07. The highest BCUT2D eigenvalue weighted by Gasteiger charge is 2.30. The van der Waals surface area contributed by atoms with Gasteiger partial charge in [0, 0.05) is 17.7 Å². The average Bonchev–Trinajstić information content (AvgIpc) is 2.35. The second kappa shape index (κ2) is 5.92. The van der Waals surface area contributed by atoms with Gasteiger partial charge in [-0.15, -0.1) is 0 Å².